The van der Waals surface area contributed by atoms with Crippen molar-refractivity contribution in [2.45, 2.75) is 10.8 Å². The standard InChI is InChI=1S/C11H8BrNO3S/c12-8-1-2-10(13-4-8)17-6-9-3-7(5-16-9)11(14)15/h1-5H,6H2,(H,14,15). The maximum Gasteiger partial charge on any atom is 0.338 e. The summed E-state index contributed by atoms with van der Waals surface area (Å²) in [4.78, 5) is 14.8. The Morgan fingerprint density at radius 2 is 2.35 bits per heavy atom. The first-order valence-electron chi connectivity index (χ1n) is 4.70. The van der Waals surface area contributed by atoms with E-state index >= 15 is 0 Å². The van der Waals surface area contributed by atoms with Crippen molar-refractivity contribution in [2.24, 2.45) is 0 Å². The van der Waals surface area contributed by atoms with Crippen LogP contribution >= 0.6 is 27.7 Å². The number of carboxylic acids is 1. The van der Waals surface area contributed by atoms with Crippen molar-refractivity contribution in [3.63, 3.8) is 0 Å². The van der Waals surface area contributed by atoms with Crippen molar-refractivity contribution in [3.05, 3.63) is 46.5 Å². The molecule has 0 bridgehead atoms. The van der Waals surface area contributed by atoms with Gasteiger partial charge >= 0.3 is 5.97 Å². The SMILES string of the molecule is O=C(O)c1coc(CSc2ccc(Br)cn2)c1. The lowest BCUT2D eigenvalue weighted by Crippen LogP contribution is -1.91. The third-order valence-corrected chi connectivity index (χ3v) is 3.40. The third kappa shape index (κ3) is 3.34. The van der Waals surface area contributed by atoms with Crippen molar-refractivity contribution >= 4 is 33.7 Å². The van der Waals surface area contributed by atoms with Gasteiger partial charge in [-0.25, -0.2) is 9.78 Å². The summed E-state index contributed by atoms with van der Waals surface area (Å²) in [6.07, 6.45) is 2.96. The van der Waals surface area contributed by atoms with E-state index in [0.29, 0.717) is 11.5 Å². The van der Waals surface area contributed by atoms with Crippen molar-refractivity contribution in [1.29, 1.82) is 0 Å². The number of carboxylic acid groups (broad SMARTS) is 1. The van der Waals surface area contributed by atoms with Gasteiger partial charge in [-0.1, -0.05) is 11.8 Å². The van der Waals surface area contributed by atoms with E-state index in [2.05, 4.69) is 20.9 Å². The molecular formula is C11H8BrNO3S. The number of halogens is 1. The van der Waals surface area contributed by atoms with Gasteiger partial charge in [0, 0.05) is 10.7 Å². The largest absolute Gasteiger partial charge is 0.478 e. The zero-order valence-electron chi connectivity index (χ0n) is 8.59. The quantitative estimate of drug-likeness (QED) is 0.876. The highest BCUT2D eigenvalue weighted by Crippen LogP contribution is 2.23. The molecule has 2 heterocycles. The second-order valence-corrected chi connectivity index (χ2v) is 5.12. The van der Waals surface area contributed by atoms with E-state index in [1.54, 1.807) is 6.20 Å². The number of aromatic nitrogens is 1. The zero-order chi connectivity index (χ0) is 12.3. The number of furan rings is 1. The summed E-state index contributed by atoms with van der Waals surface area (Å²) in [5, 5.41) is 9.59. The van der Waals surface area contributed by atoms with Crippen molar-refractivity contribution < 1.29 is 14.3 Å². The fourth-order valence-electron chi connectivity index (χ4n) is 1.16. The van der Waals surface area contributed by atoms with Gasteiger partial charge in [-0.05, 0) is 34.1 Å². The fourth-order valence-corrected chi connectivity index (χ4v) is 2.13. The van der Waals surface area contributed by atoms with E-state index in [9.17, 15) is 4.79 Å². The van der Waals surface area contributed by atoms with Crippen LogP contribution in [0, 0.1) is 0 Å². The van der Waals surface area contributed by atoms with Crippen molar-refractivity contribution in [3.8, 4) is 0 Å². The number of nitrogens with zero attached hydrogens (tertiary/aromatic N) is 1. The smallest absolute Gasteiger partial charge is 0.338 e. The molecule has 0 aliphatic carbocycles. The van der Waals surface area contributed by atoms with Crippen LogP contribution in [0.15, 0.2) is 44.6 Å². The lowest BCUT2D eigenvalue weighted by Gasteiger charge is -1.97. The van der Waals surface area contributed by atoms with Crippen LogP contribution < -0.4 is 0 Å². The predicted octanol–water partition coefficient (Wildman–Crippen LogP) is 3.43. The number of aromatic carboxylic acids is 1. The molecule has 2 aromatic heterocycles. The molecule has 1 N–H and O–H groups in total. The Balaban J connectivity index is 1.97. The van der Waals surface area contributed by atoms with Crippen molar-refractivity contribution in [2.75, 3.05) is 0 Å². The van der Waals surface area contributed by atoms with Gasteiger partial charge in [0.1, 0.15) is 12.0 Å². The lowest BCUT2D eigenvalue weighted by atomic mass is 10.3. The highest BCUT2D eigenvalue weighted by atomic mass is 79.9. The highest BCUT2D eigenvalue weighted by molar-refractivity contribution is 9.10. The Morgan fingerprint density at radius 1 is 1.53 bits per heavy atom. The van der Waals surface area contributed by atoms with Gasteiger partial charge < -0.3 is 9.52 Å². The van der Waals surface area contributed by atoms with Gasteiger partial charge in [0.15, 0.2) is 0 Å². The zero-order valence-corrected chi connectivity index (χ0v) is 11.0. The Kier molecular flexibility index (Phi) is 3.86. The van der Waals surface area contributed by atoms with E-state index in [1.165, 1.54) is 24.1 Å². The van der Waals surface area contributed by atoms with Crippen LogP contribution in [0.3, 0.4) is 0 Å². The van der Waals surface area contributed by atoms with Crippen LogP contribution in [-0.4, -0.2) is 16.1 Å². The number of hydrogen-bond donors (Lipinski definition) is 1. The summed E-state index contributed by atoms with van der Waals surface area (Å²) in [5.74, 6) is 0.200. The van der Waals surface area contributed by atoms with E-state index in [1.807, 2.05) is 12.1 Å². The average Bonchev–Trinajstić information content (AvgIpc) is 2.77. The Bertz CT molecular complexity index is 524. The number of rotatable bonds is 4. The van der Waals surface area contributed by atoms with E-state index < -0.39 is 5.97 Å². The molecule has 0 aliphatic rings. The molecule has 6 heteroatoms. The van der Waals surface area contributed by atoms with E-state index in [0.717, 1.165) is 9.50 Å². The Morgan fingerprint density at radius 3 is 2.94 bits per heavy atom. The summed E-state index contributed by atoms with van der Waals surface area (Å²) in [6, 6.07) is 5.31. The molecule has 0 fully saturated rings. The summed E-state index contributed by atoms with van der Waals surface area (Å²) < 4.78 is 6.06. The normalized spacial score (nSPS) is 10.4. The monoisotopic (exact) mass is 313 g/mol. The minimum atomic E-state index is -0.980. The fraction of sp³-hybridized carbons (Fsp3) is 0.0909. The van der Waals surface area contributed by atoms with Crippen LogP contribution in [0.5, 0.6) is 0 Å². The molecule has 0 radical (unpaired) electrons. The van der Waals surface area contributed by atoms with Crippen LogP contribution in [-0.2, 0) is 5.75 Å². The average molecular weight is 314 g/mol. The number of pyridine rings is 1. The molecular weight excluding hydrogens is 306 g/mol. The number of thioether (sulfide) groups is 1. The van der Waals surface area contributed by atoms with Gasteiger partial charge in [0.25, 0.3) is 0 Å². The van der Waals surface area contributed by atoms with Crippen LogP contribution in [0.4, 0.5) is 0 Å². The summed E-state index contributed by atoms with van der Waals surface area (Å²) in [6.45, 7) is 0. The van der Waals surface area contributed by atoms with Gasteiger partial charge in [-0.3, -0.25) is 0 Å². The van der Waals surface area contributed by atoms with Crippen LogP contribution in [0.25, 0.3) is 0 Å². The summed E-state index contributed by atoms with van der Waals surface area (Å²) in [5.41, 5.74) is 0.171. The molecule has 0 unspecified atom stereocenters. The molecule has 0 saturated carbocycles. The molecule has 2 rings (SSSR count). The topological polar surface area (TPSA) is 63.3 Å². The van der Waals surface area contributed by atoms with Crippen LogP contribution in [0.1, 0.15) is 16.1 Å². The molecule has 0 amide bonds. The molecule has 0 saturated heterocycles. The second kappa shape index (κ2) is 5.37. The first-order valence-corrected chi connectivity index (χ1v) is 6.48. The first-order chi connectivity index (χ1) is 8.15. The lowest BCUT2D eigenvalue weighted by molar-refractivity contribution is 0.0696. The highest BCUT2D eigenvalue weighted by Gasteiger charge is 2.08. The van der Waals surface area contributed by atoms with Gasteiger partial charge in [-0.15, -0.1) is 0 Å². The molecule has 0 spiro atoms. The molecule has 0 aliphatic heterocycles. The van der Waals surface area contributed by atoms with Crippen molar-refractivity contribution in [1.82, 2.24) is 4.98 Å². The molecule has 2 aromatic rings. The summed E-state index contributed by atoms with van der Waals surface area (Å²) in [7, 11) is 0. The first kappa shape index (κ1) is 12.2. The molecule has 0 aromatic carbocycles. The van der Waals surface area contributed by atoms with E-state index in [-0.39, 0.29) is 5.56 Å². The number of hydrogen-bond acceptors (Lipinski definition) is 4. The molecule has 4 nitrogen and oxygen atoms in total. The molecule has 88 valence electrons. The third-order valence-electron chi connectivity index (χ3n) is 1.96. The Hall–Kier alpha value is -1.27. The summed E-state index contributed by atoms with van der Waals surface area (Å²) >= 11 is 4.79. The maximum atomic E-state index is 10.6. The minimum absolute atomic E-state index is 0.171. The van der Waals surface area contributed by atoms with Gasteiger partial charge in [0.2, 0.25) is 0 Å². The maximum absolute atomic E-state index is 10.6. The predicted molar refractivity (Wildman–Crippen MR) is 67.2 cm³/mol. The second-order valence-electron chi connectivity index (χ2n) is 3.21. The van der Waals surface area contributed by atoms with Gasteiger partial charge in [-0.2, -0.15) is 0 Å². The van der Waals surface area contributed by atoms with Crippen LogP contribution in [0.2, 0.25) is 0 Å². The number of carbonyl (C=O) groups is 1. The van der Waals surface area contributed by atoms with Gasteiger partial charge in [0.05, 0.1) is 16.3 Å². The Labute approximate surface area is 110 Å². The minimum Gasteiger partial charge on any atom is -0.478 e. The molecule has 0 atom stereocenters. The molecule has 17 heavy (non-hydrogen) atoms. The van der Waals surface area contributed by atoms with E-state index in [4.69, 9.17) is 9.52 Å².